The molecule has 25 heavy (non-hydrogen) atoms. The minimum absolute atomic E-state index is 0. The van der Waals surface area contributed by atoms with Crippen molar-refractivity contribution in [1.29, 1.82) is 0 Å². The standard InChI is InChI=1S/C19H22IN3O.ClH/c1-14-6-5-9-18(15(14)2)22-10-12-23(13-11-22)19(24)21-17-8-4-3-7-16(17)20;/h3-9H,10-13H2,1-2H3,(H,21,24);1H. The van der Waals surface area contributed by atoms with Gasteiger partial charge in [0.2, 0.25) is 0 Å². The van der Waals surface area contributed by atoms with Gasteiger partial charge in [0.25, 0.3) is 0 Å². The molecule has 1 saturated heterocycles. The molecule has 0 unspecified atom stereocenters. The average Bonchev–Trinajstić information content (AvgIpc) is 2.59. The molecule has 1 aliphatic heterocycles. The molecule has 2 aromatic carbocycles. The van der Waals surface area contributed by atoms with Crippen LogP contribution in [-0.2, 0) is 0 Å². The summed E-state index contributed by atoms with van der Waals surface area (Å²) in [5, 5.41) is 3.02. The third-order valence-electron chi connectivity index (χ3n) is 4.60. The molecule has 0 spiro atoms. The van der Waals surface area contributed by atoms with Gasteiger partial charge in [-0.1, -0.05) is 24.3 Å². The number of para-hydroxylation sites is 1. The van der Waals surface area contributed by atoms with Crippen molar-refractivity contribution < 1.29 is 4.79 Å². The summed E-state index contributed by atoms with van der Waals surface area (Å²) in [4.78, 5) is 16.7. The minimum atomic E-state index is -0.0141. The Labute approximate surface area is 169 Å². The van der Waals surface area contributed by atoms with Gasteiger partial charge >= 0.3 is 6.03 Å². The van der Waals surface area contributed by atoms with E-state index in [1.807, 2.05) is 29.2 Å². The predicted molar refractivity (Wildman–Crippen MR) is 115 cm³/mol. The Bertz CT molecular complexity index is 745. The normalized spacial score (nSPS) is 14.0. The summed E-state index contributed by atoms with van der Waals surface area (Å²) in [7, 11) is 0. The third kappa shape index (κ3) is 4.58. The van der Waals surface area contributed by atoms with Crippen LogP contribution in [0.25, 0.3) is 0 Å². The zero-order valence-electron chi connectivity index (χ0n) is 14.5. The molecule has 3 rings (SSSR count). The van der Waals surface area contributed by atoms with Gasteiger partial charge in [-0.15, -0.1) is 12.4 Å². The summed E-state index contributed by atoms with van der Waals surface area (Å²) in [5.74, 6) is 0. The van der Waals surface area contributed by atoms with Crippen LogP contribution in [0.5, 0.6) is 0 Å². The van der Waals surface area contributed by atoms with Crippen molar-refractivity contribution in [2.45, 2.75) is 13.8 Å². The number of hydrogen-bond donors (Lipinski definition) is 1. The first-order chi connectivity index (χ1) is 11.6. The van der Waals surface area contributed by atoms with Crippen molar-refractivity contribution in [1.82, 2.24) is 4.90 Å². The van der Waals surface area contributed by atoms with Crippen molar-refractivity contribution in [2.75, 3.05) is 36.4 Å². The molecule has 6 heteroatoms. The highest BCUT2D eigenvalue weighted by atomic mass is 127. The summed E-state index contributed by atoms with van der Waals surface area (Å²) < 4.78 is 1.05. The number of urea groups is 1. The van der Waals surface area contributed by atoms with E-state index < -0.39 is 0 Å². The zero-order chi connectivity index (χ0) is 17.1. The van der Waals surface area contributed by atoms with Gasteiger partial charge in [0.15, 0.2) is 0 Å². The Balaban J connectivity index is 0.00000225. The molecule has 0 bridgehead atoms. The monoisotopic (exact) mass is 471 g/mol. The maximum atomic E-state index is 12.5. The fraction of sp³-hybridized carbons (Fsp3) is 0.316. The van der Waals surface area contributed by atoms with E-state index in [4.69, 9.17) is 0 Å². The van der Waals surface area contributed by atoms with E-state index in [1.165, 1.54) is 16.8 Å². The molecule has 0 atom stereocenters. The first kappa shape index (κ1) is 19.8. The molecule has 4 nitrogen and oxygen atoms in total. The van der Waals surface area contributed by atoms with Crippen molar-refractivity contribution >= 4 is 52.4 Å². The van der Waals surface area contributed by atoms with E-state index in [2.05, 4.69) is 64.9 Å². The molecule has 0 saturated carbocycles. The van der Waals surface area contributed by atoms with Crippen LogP contribution in [0.4, 0.5) is 16.2 Å². The second-order valence-electron chi connectivity index (χ2n) is 6.10. The molecule has 0 aliphatic carbocycles. The summed E-state index contributed by atoms with van der Waals surface area (Å²) in [6.07, 6.45) is 0. The highest BCUT2D eigenvalue weighted by Gasteiger charge is 2.22. The second kappa shape index (κ2) is 8.76. The quantitative estimate of drug-likeness (QED) is 0.645. The first-order valence-electron chi connectivity index (χ1n) is 8.18. The van der Waals surface area contributed by atoms with Crippen LogP contribution in [0.1, 0.15) is 11.1 Å². The highest BCUT2D eigenvalue weighted by Crippen LogP contribution is 2.24. The molecule has 134 valence electrons. The number of rotatable bonds is 2. The largest absolute Gasteiger partial charge is 0.368 e. The lowest BCUT2D eigenvalue weighted by Crippen LogP contribution is -2.50. The van der Waals surface area contributed by atoms with E-state index >= 15 is 0 Å². The van der Waals surface area contributed by atoms with Crippen LogP contribution in [0.2, 0.25) is 0 Å². The Morgan fingerprint density at radius 3 is 2.36 bits per heavy atom. The highest BCUT2D eigenvalue weighted by molar-refractivity contribution is 14.1. The van der Waals surface area contributed by atoms with Crippen LogP contribution in [0, 0.1) is 17.4 Å². The van der Waals surface area contributed by atoms with Crippen molar-refractivity contribution in [3.05, 3.63) is 57.2 Å². The van der Waals surface area contributed by atoms with Crippen LogP contribution in [0.15, 0.2) is 42.5 Å². The number of nitrogens with zero attached hydrogens (tertiary/aromatic N) is 2. The number of piperazine rings is 1. The van der Waals surface area contributed by atoms with Crippen LogP contribution >= 0.6 is 35.0 Å². The van der Waals surface area contributed by atoms with Gasteiger partial charge in [-0.2, -0.15) is 0 Å². The molecular weight excluding hydrogens is 449 g/mol. The van der Waals surface area contributed by atoms with Crippen molar-refractivity contribution in [3.8, 4) is 0 Å². The topological polar surface area (TPSA) is 35.6 Å². The number of carbonyl (C=O) groups is 1. The lowest BCUT2D eigenvalue weighted by molar-refractivity contribution is 0.208. The molecule has 1 heterocycles. The van der Waals surface area contributed by atoms with E-state index in [-0.39, 0.29) is 18.4 Å². The zero-order valence-corrected chi connectivity index (χ0v) is 17.4. The number of aryl methyl sites for hydroxylation is 1. The van der Waals surface area contributed by atoms with E-state index in [0.717, 1.165) is 35.4 Å². The van der Waals surface area contributed by atoms with Crippen LogP contribution in [-0.4, -0.2) is 37.1 Å². The SMILES string of the molecule is Cc1cccc(N2CCN(C(=O)Nc3ccccc3I)CC2)c1C.Cl. The smallest absolute Gasteiger partial charge is 0.321 e. The number of amides is 2. The van der Waals surface area contributed by atoms with Gasteiger partial charge < -0.3 is 15.1 Å². The lowest BCUT2D eigenvalue weighted by atomic mass is 10.1. The lowest BCUT2D eigenvalue weighted by Gasteiger charge is -2.37. The average molecular weight is 472 g/mol. The number of halogens is 2. The Hall–Kier alpha value is -1.47. The summed E-state index contributed by atoms with van der Waals surface area (Å²) >= 11 is 2.24. The maximum Gasteiger partial charge on any atom is 0.321 e. The summed E-state index contributed by atoms with van der Waals surface area (Å²) in [6, 6.07) is 14.2. The van der Waals surface area contributed by atoms with E-state index in [9.17, 15) is 4.79 Å². The molecule has 1 fully saturated rings. The Morgan fingerprint density at radius 1 is 1.00 bits per heavy atom. The number of hydrogen-bond acceptors (Lipinski definition) is 2. The van der Waals surface area contributed by atoms with Crippen LogP contribution in [0.3, 0.4) is 0 Å². The van der Waals surface area contributed by atoms with Gasteiger partial charge in [0.1, 0.15) is 0 Å². The molecule has 0 radical (unpaired) electrons. The van der Waals surface area contributed by atoms with Gasteiger partial charge in [0.05, 0.1) is 5.69 Å². The van der Waals surface area contributed by atoms with Crippen molar-refractivity contribution in [3.63, 3.8) is 0 Å². The Kier molecular flexibility index (Phi) is 6.95. The minimum Gasteiger partial charge on any atom is -0.368 e. The molecule has 1 aliphatic rings. The Morgan fingerprint density at radius 2 is 1.68 bits per heavy atom. The number of anilines is 2. The first-order valence-corrected chi connectivity index (χ1v) is 9.26. The fourth-order valence-electron chi connectivity index (χ4n) is 2.99. The van der Waals surface area contributed by atoms with Gasteiger partial charge in [0, 0.05) is 35.4 Å². The van der Waals surface area contributed by atoms with Gasteiger partial charge in [-0.3, -0.25) is 0 Å². The van der Waals surface area contributed by atoms with Crippen LogP contribution < -0.4 is 10.2 Å². The maximum absolute atomic E-state index is 12.5. The summed E-state index contributed by atoms with van der Waals surface area (Å²) in [5.41, 5.74) is 4.80. The van der Waals surface area contributed by atoms with E-state index in [1.54, 1.807) is 0 Å². The predicted octanol–water partition coefficient (Wildman–Crippen LogP) is 4.68. The molecule has 0 aromatic heterocycles. The van der Waals surface area contributed by atoms with Gasteiger partial charge in [-0.05, 0) is 65.8 Å². The molecule has 2 amide bonds. The molecule has 1 N–H and O–H groups in total. The second-order valence-corrected chi connectivity index (χ2v) is 7.27. The summed E-state index contributed by atoms with van der Waals surface area (Å²) in [6.45, 7) is 7.52. The molecular formula is C19H23ClIN3O. The van der Waals surface area contributed by atoms with Gasteiger partial charge in [-0.25, -0.2) is 4.79 Å². The number of benzene rings is 2. The number of carbonyl (C=O) groups excluding carboxylic acids is 1. The number of nitrogens with one attached hydrogen (secondary N) is 1. The fourth-order valence-corrected chi connectivity index (χ4v) is 3.51. The molecule has 2 aromatic rings. The third-order valence-corrected chi connectivity index (χ3v) is 5.54. The van der Waals surface area contributed by atoms with Crippen molar-refractivity contribution in [2.24, 2.45) is 0 Å². The van der Waals surface area contributed by atoms with E-state index in [0.29, 0.717) is 0 Å².